The average Bonchev–Trinajstić information content (AvgIpc) is 3.08. The maximum atomic E-state index is 13.3. The molecule has 0 aromatic heterocycles. The van der Waals surface area contributed by atoms with E-state index in [1.807, 2.05) is 27.7 Å². The van der Waals surface area contributed by atoms with Gasteiger partial charge in [0.15, 0.2) is 11.9 Å². The second kappa shape index (κ2) is 10.4. The molecule has 31 heavy (non-hydrogen) atoms. The van der Waals surface area contributed by atoms with Crippen LogP contribution < -0.4 is 11.1 Å². The number of hydrogen-bond donors (Lipinski definition) is 2. The molecule has 0 aromatic rings. The van der Waals surface area contributed by atoms with E-state index in [0.29, 0.717) is 32.7 Å². The first-order chi connectivity index (χ1) is 14.4. The van der Waals surface area contributed by atoms with E-state index in [2.05, 4.69) is 5.32 Å². The van der Waals surface area contributed by atoms with Crippen LogP contribution in [0.4, 0.5) is 4.79 Å². The Bertz CT molecular complexity index is 691. The van der Waals surface area contributed by atoms with E-state index in [1.165, 1.54) is 12.1 Å². The van der Waals surface area contributed by atoms with Crippen molar-refractivity contribution in [1.82, 2.24) is 15.3 Å². The Morgan fingerprint density at radius 3 is 2.45 bits per heavy atom. The van der Waals surface area contributed by atoms with Crippen molar-refractivity contribution in [2.24, 2.45) is 17.1 Å². The Morgan fingerprint density at radius 2 is 1.90 bits per heavy atom. The lowest BCUT2D eigenvalue weighted by Gasteiger charge is -2.36. The highest BCUT2D eigenvalue weighted by molar-refractivity contribution is 5.99. The first-order valence-corrected chi connectivity index (χ1v) is 10.5. The second-order valence-electron chi connectivity index (χ2n) is 8.96. The van der Waals surface area contributed by atoms with Crippen molar-refractivity contribution >= 4 is 23.7 Å². The van der Waals surface area contributed by atoms with Crippen molar-refractivity contribution in [3.05, 3.63) is 0 Å². The number of morpholine rings is 1. The van der Waals surface area contributed by atoms with Gasteiger partial charge in [-0.15, -0.1) is 5.06 Å². The van der Waals surface area contributed by atoms with Crippen LogP contribution in [0.5, 0.6) is 0 Å². The normalized spacial score (nSPS) is 23.5. The fourth-order valence-electron chi connectivity index (χ4n) is 3.44. The summed E-state index contributed by atoms with van der Waals surface area (Å²) >= 11 is 0. The molecule has 0 radical (unpaired) electrons. The summed E-state index contributed by atoms with van der Waals surface area (Å²) in [5, 5.41) is 4.10. The highest BCUT2D eigenvalue weighted by atomic mass is 16.7. The Morgan fingerprint density at radius 1 is 1.29 bits per heavy atom. The SMILES string of the molecule is CC(C)C(C)(C)C[C@H](NC(=O)ON1CCOCC1)C(=O)N(C)C1C(=O)COC1C(N)=O. The highest BCUT2D eigenvalue weighted by Crippen LogP contribution is 2.32. The van der Waals surface area contributed by atoms with E-state index in [4.69, 9.17) is 20.0 Å². The van der Waals surface area contributed by atoms with Gasteiger partial charge in [0.05, 0.1) is 26.3 Å². The minimum atomic E-state index is -1.22. The number of carbonyl (C=O) groups is 4. The topological polar surface area (TPSA) is 140 Å². The molecular formula is C20H34N4O7. The zero-order valence-electron chi connectivity index (χ0n) is 18.9. The number of carbonyl (C=O) groups excluding carboxylic acids is 4. The minimum Gasteiger partial charge on any atom is -0.379 e. The van der Waals surface area contributed by atoms with Crippen molar-refractivity contribution in [3.8, 4) is 0 Å². The quantitative estimate of drug-likeness (QED) is 0.521. The molecule has 11 nitrogen and oxygen atoms in total. The number of ketones is 1. The zero-order chi connectivity index (χ0) is 23.3. The van der Waals surface area contributed by atoms with E-state index in [9.17, 15) is 19.2 Å². The molecule has 2 fully saturated rings. The molecule has 176 valence electrons. The van der Waals surface area contributed by atoms with E-state index >= 15 is 0 Å². The molecule has 0 aliphatic carbocycles. The van der Waals surface area contributed by atoms with E-state index in [0.717, 1.165) is 4.90 Å². The van der Waals surface area contributed by atoms with Crippen LogP contribution in [0.2, 0.25) is 0 Å². The molecular weight excluding hydrogens is 408 g/mol. The number of nitrogens with zero attached hydrogens (tertiary/aromatic N) is 2. The van der Waals surface area contributed by atoms with Gasteiger partial charge in [0.25, 0.3) is 0 Å². The summed E-state index contributed by atoms with van der Waals surface area (Å²) in [6, 6.07) is -2.11. The van der Waals surface area contributed by atoms with Gasteiger partial charge >= 0.3 is 6.09 Å². The molecule has 2 heterocycles. The van der Waals surface area contributed by atoms with Gasteiger partial charge in [-0.25, -0.2) is 4.79 Å². The molecule has 0 spiro atoms. The van der Waals surface area contributed by atoms with Crippen LogP contribution in [-0.2, 0) is 28.7 Å². The number of hydrogen-bond acceptors (Lipinski definition) is 8. The Hall–Kier alpha value is -2.24. The molecule has 3 amide bonds. The van der Waals surface area contributed by atoms with Crippen molar-refractivity contribution in [2.75, 3.05) is 40.0 Å². The summed E-state index contributed by atoms with van der Waals surface area (Å²) in [5.74, 6) is -1.56. The summed E-state index contributed by atoms with van der Waals surface area (Å²) in [7, 11) is 1.40. The molecule has 3 atom stereocenters. The monoisotopic (exact) mass is 442 g/mol. The van der Waals surface area contributed by atoms with Crippen LogP contribution in [0, 0.1) is 11.3 Å². The molecule has 2 saturated heterocycles. The lowest BCUT2D eigenvalue weighted by molar-refractivity contribution is -0.150. The van der Waals surface area contributed by atoms with Crippen molar-refractivity contribution in [1.29, 1.82) is 0 Å². The number of amides is 3. The number of rotatable bonds is 8. The number of ether oxygens (including phenoxy) is 2. The molecule has 0 bridgehead atoms. The van der Waals surface area contributed by atoms with Crippen molar-refractivity contribution in [2.45, 2.75) is 52.3 Å². The van der Waals surface area contributed by atoms with Gasteiger partial charge in [-0.05, 0) is 17.8 Å². The predicted octanol–water partition coefficient (Wildman–Crippen LogP) is -0.319. The third-order valence-electron chi connectivity index (χ3n) is 6.13. The largest absolute Gasteiger partial charge is 0.426 e. The number of primary amides is 1. The fraction of sp³-hybridized carbons (Fsp3) is 0.800. The maximum absolute atomic E-state index is 13.3. The molecule has 2 unspecified atom stereocenters. The smallest absolute Gasteiger partial charge is 0.379 e. The van der Waals surface area contributed by atoms with E-state index in [-0.39, 0.29) is 17.9 Å². The van der Waals surface area contributed by atoms with Crippen LogP contribution >= 0.6 is 0 Å². The highest BCUT2D eigenvalue weighted by Gasteiger charge is 2.46. The Balaban J connectivity index is 2.17. The van der Waals surface area contributed by atoms with Gasteiger partial charge in [0.1, 0.15) is 18.7 Å². The fourth-order valence-corrected chi connectivity index (χ4v) is 3.44. The Labute approximate surface area is 182 Å². The summed E-state index contributed by atoms with van der Waals surface area (Å²) in [4.78, 5) is 56.2. The number of likely N-dealkylation sites (N-methyl/N-ethyl adjacent to an activating group) is 1. The molecule has 11 heteroatoms. The first-order valence-electron chi connectivity index (χ1n) is 10.5. The zero-order valence-corrected chi connectivity index (χ0v) is 18.9. The third-order valence-corrected chi connectivity index (χ3v) is 6.13. The number of nitrogens with two attached hydrogens (primary N) is 1. The summed E-state index contributed by atoms with van der Waals surface area (Å²) in [6.07, 6.45) is -1.69. The van der Waals surface area contributed by atoms with Gasteiger partial charge in [0.2, 0.25) is 11.8 Å². The van der Waals surface area contributed by atoms with Gasteiger partial charge < -0.3 is 30.3 Å². The molecule has 3 N–H and O–H groups in total. The Kier molecular flexibility index (Phi) is 8.38. The molecule has 0 aromatic carbocycles. The number of Topliss-reactive ketones (excluding diaryl/α,β-unsaturated/α-hetero) is 1. The van der Waals surface area contributed by atoms with Crippen LogP contribution in [-0.4, -0.2) is 91.8 Å². The van der Waals surface area contributed by atoms with Crippen LogP contribution in [0.15, 0.2) is 0 Å². The first kappa shape index (κ1) is 25.0. The number of hydroxylamine groups is 2. The van der Waals surface area contributed by atoms with E-state index < -0.39 is 41.9 Å². The van der Waals surface area contributed by atoms with Crippen LogP contribution in [0.3, 0.4) is 0 Å². The minimum absolute atomic E-state index is 0.208. The molecule has 2 aliphatic heterocycles. The van der Waals surface area contributed by atoms with Gasteiger partial charge in [0, 0.05) is 7.05 Å². The molecule has 2 rings (SSSR count). The molecule has 2 aliphatic rings. The summed E-state index contributed by atoms with van der Waals surface area (Å²) in [6.45, 7) is 9.46. The summed E-state index contributed by atoms with van der Waals surface area (Å²) in [5.41, 5.74) is 5.02. The predicted molar refractivity (Wildman–Crippen MR) is 110 cm³/mol. The van der Waals surface area contributed by atoms with E-state index in [1.54, 1.807) is 0 Å². The number of nitrogens with one attached hydrogen (secondary N) is 1. The van der Waals surface area contributed by atoms with Gasteiger partial charge in [-0.2, -0.15) is 0 Å². The van der Waals surface area contributed by atoms with Crippen molar-refractivity contribution in [3.63, 3.8) is 0 Å². The van der Waals surface area contributed by atoms with Crippen molar-refractivity contribution < 1.29 is 33.5 Å². The lowest BCUT2D eigenvalue weighted by atomic mass is 9.76. The van der Waals surface area contributed by atoms with Gasteiger partial charge in [-0.1, -0.05) is 27.7 Å². The summed E-state index contributed by atoms with van der Waals surface area (Å²) < 4.78 is 10.4. The second-order valence-corrected chi connectivity index (χ2v) is 8.96. The lowest BCUT2D eigenvalue weighted by Crippen LogP contribution is -2.57. The van der Waals surface area contributed by atoms with Crippen LogP contribution in [0.1, 0.15) is 34.1 Å². The van der Waals surface area contributed by atoms with Gasteiger partial charge in [-0.3, -0.25) is 14.4 Å². The molecule has 0 saturated carbocycles. The maximum Gasteiger partial charge on any atom is 0.426 e. The van der Waals surface area contributed by atoms with Crippen LogP contribution in [0.25, 0.3) is 0 Å². The average molecular weight is 443 g/mol. The third kappa shape index (κ3) is 6.37. The standard InChI is InChI=1S/C20H34N4O7/c1-12(2)20(3,4)10-13(22-19(28)31-24-6-8-29-9-7-24)18(27)23(5)15-14(25)11-30-16(15)17(21)26/h12-13,15-16H,6-11H2,1-5H3,(H2,21,26)(H,22,28)/t13-,15?,16?/m0/s1.